The Labute approximate surface area is 62.6 Å². The molecular weight excluding hydrogens is 147 g/mol. The Hall–Kier alpha value is -0.153. The molecule has 0 aromatic heterocycles. The Balaban J connectivity index is 2.39. The van der Waals surface area contributed by atoms with E-state index in [-0.39, 0.29) is 5.45 Å². The van der Waals surface area contributed by atoms with Gasteiger partial charge in [0.15, 0.2) is 0 Å². The third kappa shape index (κ3) is 1.92. The summed E-state index contributed by atoms with van der Waals surface area (Å²) in [6.45, 7) is 2.51. The molecule has 1 unspecified atom stereocenters. The van der Waals surface area contributed by atoms with E-state index in [0.29, 0.717) is 0 Å². The molecule has 0 aromatic carbocycles. The molecule has 10 heavy (non-hydrogen) atoms. The lowest BCUT2D eigenvalue weighted by Gasteiger charge is -2.18. The van der Waals surface area contributed by atoms with Crippen molar-refractivity contribution in [2.24, 2.45) is 0 Å². The van der Waals surface area contributed by atoms with Crippen molar-refractivity contribution in [1.29, 1.82) is 0 Å². The normalized spacial score (nSPS) is 28.6. The molecule has 3 heteroatoms. The minimum atomic E-state index is -1.53. The van der Waals surface area contributed by atoms with Gasteiger partial charge < -0.3 is 4.43 Å². The van der Waals surface area contributed by atoms with Crippen LogP contribution < -0.4 is 0 Å². The van der Waals surface area contributed by atoms with E-state index in [0.717, 1.165) is 25.5 Å². The van der Waals surface area contributed by atoms with Crippen LogP contribution in [0.2, 0.25) is 6.04 Å². The molecule has 1 nitrogen and oxygen atoms in total. The van der Waals surface area contributed by atoms with Crippen molar-refractivity contribution in [2.45, 2.75) is 25.8 Å². The van der Waals surface area contributed by atoms with Gasteiger partial charge in [-0.2, -0.15) is 0 Å². The summed E-state index contributed by atoms with van der Waals surface area (Å²) in [6.07, 6.45) is 3.81. The standard InChI is InChI=1S/C7H13FOSi/c1-2-7(8)10-6-4-3-5-9-10/h2,10H,3-6H2,1H3/b7-2+. The van der Waals surface area contributed by atoms with Gasteiger partial charge >= 0.3 is 0 Å². The van der Waals surface area contributed by atoms with Crippen molar-refractivity contribution < 1.29 is 8.82 Å². The molecule has 1 atom stereocenters. The Morgan fingerprint density at radius 1 is 1.60 bits per heavy atom. The highest BCUT2D eigenvalue weighted by Gasteiger charge is 2.19. The van der Waals surface area contributed by atoms with E-state index in [1.54, 1.807) is 13.0 Å². The van der Waals surface area contributed by atoms with Gasteiger partial charge in [0.25, 0.3) is 0 Å². The molecule has 0 saturated carbocycles. The van der Waals surface area contributed by atoms with Crippen LogP contribution in [0, 0.1) is 0 Å². The topological polar surface area (TPSA) is 9.23 Å². The maximum Gasteiger partial charge on any atom is 0.239 e. The number of rotatable bonds is 1. The van der Waals surface area contributed by atoms with E-state index in [1.807, 2.05) is 0 Å². The van der Waals surface area contributed by atoms with Crippen LogP contribution in [-0.2, 0) is 4.43 Å². The van der Waals surface area contributed by atoms with Crippen LogP contribution in [0.1, 0.15) is 19.8 Å². The number of hydrogen-bond acceptors (Lipinski definition) is 1. The molecule has 1 aliphatic rings. The third-order valence-electron chi connectivity index (χ3n) is 1.76. The third-order valence-corrected chi connectivity index (χ3v) is 4.28. The summed E-state index contributed by atoms with van der Waals surface area (Å²) in [7, 11) is -1.53. The molecule has 1 heterocycles. The Bertz CT molecular complexity index is 130. The fourth-order valence-electron chi connectivity index (χ4n) is 1.14. The van der Waals surface area contributed by atoms with Crippen molar-refractivity contribution in [3.63, 3.8) is 0 Å². The molecule has 1 fully saturated rings. The van der Waals surface area contributed by atoms with Crippen molar-refractivity contribution in [1.82, 2.24) is 0 Å². The van der Waals surface area contributed by atoms with Crippen LogP contribution in [0.3, 0.4) is 0 Å². The highest BCUT2D eigenvalue weighted by molar-refractivity contribution is 6.59. The highest BCUT2D eigenvalue weighted by atomic mass is 28.3. The zero-order valence-corrected chi connectivity index (χ0v) is 7.42. The van der Waals surface area contributed by atoms with Crippen LogP contribution in [0.25, 0.3) is 0 Å². The lowest BCUT2D eigenvalue weighted by Crippen LogP contribution is -2.24. The van der Waals surface area contributed by atoms with Gasteiger partial charge in [-0.25, -0.2) is 4.39 Å². The Kier molecular flexibility index (Phi) is 3.09. The number of hydrogen-bond donors (Lipinski definition) is 0. The molecule has 0 amide bonds. The second-order valence-corrected chi connectivity index (χ2v) is 4.97. The average Bonchev–Trinajstić information content (AvgIpc) is 2.05. The first kappa shape index (κ1) is 7.95. The summed E-state index contributed by atoms with van der Waals surface area (Å²) < 4.78 is 18.1. The molecule has 1 rings (SSSR count). The first-order valence-electron chi connectivity index (χ1n) is 3.78. The van der Waals surface area contributed by atoms with E-state index in [9.17, 15) is 4.39 Å². The molecule has 0 aliphatic carbocycles. The summed E-state index contributed by atoms with van der Waals surface area (Å²) in [6, 6.07) is 0.982. The van der Waals surface area contributed by atoms with Gasteiger partial charge in [-0.15, -0.1) is 0 Å². The molecule has 58 valence electrons. The number of allylic oxidation sites excluding steroid dienone is 1. The highest BCUT2D eigenvalue weighted by Crippen LogP contribution is 2.17. The van der Waals surface area contributed by atoms with E-state index in [4.69, 9.17) is 4.43 Å². The van der Waals surface area contributed by atoms with Crippen LogP contribution in [0.15, 0.2) is 11.5 Å². The van der Waals surface area contributed by atoms with Crippen LogP contribution in [-0.4, -0.2) is 15.6 Å². The first-order chi connectivity index (χ1) is 4.84. The zero-order chi connectivity index (χ0) is 7.40. The van der Waals surface area contributed by atoms with E-state index < -0.39 is 9.04 Å². The maximum absolute atomic E-state index is 12.8. The second kappa shape index (κ2) is 3.88. The monoisotopic (exact) mass is 160 g/mol. The van der Waals surface area contributed by atoms with E-state index in [2.05, 4.69) is 0 Å². The van der Waals surface area contributed by atoms with Gasteiger partial charge in [-0.05, 0) is 19.4 Å². The summed E-state index contributed by atoms with van der Waals surface area (Å²) in [4.78, 5) is 0. The van der Waals surface area contributed by atoms with E-state index in [1.165, 1.54) is 0 Å². The Morgan fingerprint density at radius 3 is 2.90 bits per heavy atom. The van der Waals surface area contributed by atoms with Gasteiger partial charge in [0.2, 0.25) is 9.04 Å². The van der Waals surface area contributed by atoms with Gasteiger partial charge in [-0.1, -0.05) is 12.5 Å². The molecule has 0 spiro atoms. The van der Waals surface area contributed by atoms with Crippen molar-refractivity contribution in [3.05, 3.63) is 11.5 Å². The predicted octanol–water partition coefficient (Wildman–Crippen LogP) is 1.93. The summed E-state index contributed by atoms with van der Waals surface area (Å²) in [5.41, 5.74) is 0.0275. The fraction of sp³-hybridized carbons (Fsp3) is 0.714. The minimum Gasteiger partial charge on any atom is -0.413 e. The molecular formula is C7H13FOSi. The number of halogens is 1. The second-order valence-electron chi connectivity index (χ2n) is 2.53. The fourth-order valence-corrected chi connectivity index (χ4v) is 3.23. The zero-order valence-electron chi connectivity index (χ0n) is 6.27. The van der Waals surface area contributed by atoms with Crippen LogP contribution in [0.4, 0.5) is 4.39 Å². The lowest BCUT2D eigenvalue weighted by molar-refractivity contribution is 0.286. The molecule has 1 saturated heterocycles. The molecule has 1 aliphatic heterocycles. The van der Waals surface area contributed by atoms with Gasteiger partial charge in [0.05, 0.1) is 0 Å². The average molecular weight is 160 g/mol. The van der Waals surface area contributed by atoms with Crippen LogP contribution >= 0.6 is 0 Å². The van der Waals surface area contributed by atoms with Crippen LogP contribution in [0.5, 0.6) is 0 Å². The predicted molar refractivity (Wildman–Crippen MR) is 42.0 cm³/mol. The quantitative estimate of drug-likeness (QED) is 0.533. The maximum atomic E-state index is 12.8. The van der Waals surface area contributed by atoms with Crippen molar-refractivity contribution in [2.75, 3.05) is 6.61 Å². The Morgan fingerprint density at radius 2 is 2.40 bits per heavy atom. The first-order valence-corrected chi connectivity index (χ1v) is 5.64. The van der Waals surface area contributed by atoms with Crippen molar-refractivity contribution >= 4 is 9.04 Å². The summed E-state index contributed by atoms with van der Waals surface area (Å²) in [5.74, 6) is 0. The molecule has 0 aromatic rings. The van der Waals surface area contributed by atoms with Crippen molar-refractivity contribution in [3.8, 4) is 0 Å². The molecule has 0 N–H and O–H groups in total. The van der Waals surface area contributed by atoms with Gasteiger partial charge in [-0.3, -0.25) is 0 Å². The summed E-state index contributed by atoms with van der Waals surface area (Å²) >= 11 is 0. The summed E-state index contributed by atoms with van der Waals surface area (Å²) in [5, 5.41) is 0. The molecule has 0 bridgehead atoms. The largest absolute Gasteiger partial charge is 0.413 e. The van der Waals surface area contributed by atoms with E-state index >= 15 is 0 Å². The smallest absolute Gasteiger partial charge is 0.239 e. The SMILES string of the molecule is C/C=C(\F)[SiH]1CCCCO1. The van der Waals surface area contributed by atoms with Gasteiger partial charge in [0, 0.05) is 6.61 Å². The lowest BCUT2D eigenvalue weighted by atomic mass is 10.4. The van der Waals surface area contributed by atoms with Gasteiger partial charge in [0.1, 0.15) is 5.45 Å². The minimum absolute atomic E-state index is 0.0275. The molecule has 0 radical (unpaired) electrons.